The Bertz CT molecular complexity index is 273. The smallest absolute Gasteiger partial charge is 0.0956 e. The molecule has 0 spiro atoms. The van der Waals surface area contributed by atoms with Gasteiger partial charge in [-0.3, -0.25) is 0 Å². The molecule has 0 saturated heterocycles. The Morgan fingerprint density at radius 1 is 1.60 bits per heavy atom. The van der Waals surface area contributed by atoms with E-state index in [2.05, 4.69) is 11.9 Å². The minimum atomic E-state index is -0.422. The van der Waals surface area contributed by atoms with E-state index in [-0.39, 0.29) is 0 Å². The maximum atomic E-state index is 9.93. The number of aliphatic hydroxyl groups is 1. The molecule has 1 rings (SSSR count). The highest BCUT2D eigenvalue weighted by Gasteiger charge is 2.11. The summed E-state index contributed by atoms with van der Waals surface area (Å²) in [4.78, 5) is 4.06. The first-order valence-electron chi connectivity index (χ1n) is 5.46. The highest BCUT2D eigenvalue weighted by molar-refractivity contribution is 5.02. The molecule has 1 unspecified atom stereocenters. The molecular weight excluding hydrogens is 192 g/mol. The molecule has 0 aliphatic carbocycles. The summed E-state index contributed by atoms with van der Waals surface area (Å²) in [5, 5.41) is 9.93. The summed E-state index contributed by atoms with van der Waals surface area (Å²) in [6, 6.07) is 0. The second kappa shape index (κ2) is 6.58. The third-order valence-corrected chi connectivity index (χ3v) is 2.38. The van der Waals surface area contributed by atoms with Crippen molar-refractivity contribution in [1.82, 2.24) is 9.55 Å². The second-order valence-electron chi connectivity index (χ2n) is 3.66. The zero-order chi connectivity index (χ0) is 11.1. The Hall–Kier alpha value is -0.870. The maximum Gasteiger partial charge on any atom is 0.0956 e. The Balaban J connectivity index is 2.48. The van der Waals surface area contributed by atoms with Gasteiger partial charge in [-0.05, 0) is 19.3 Å². The molecular formula is C11H20N2O2. The van der Waals surface area contributed by atoms with Gasteiger partial charge in [-0.1, -0.05) is 6.92 Å². The summed E-state index contributed by atoms with van der Waals surface area (Å²) in [6.45, 7) is 3.72. The molecule has 0 fully saturated rings. The highest BCUT2D eigenvalue weighted by atomic mass is 16.5. The van der Waals surface area contributed by atoms with Crippen LogP contribution >= 0.6 is 0 Å². The molecule has 0 aliphatic heterocycles. The number of hydrogen-bond acceptors (Lipinski definition) is 3. The number of aromatic nitrogens is 2. The molecule has 4 nitrogen and oxygen atoms in total. The number of methoxy groups -OCH3 is 1. The molecule has 4 heteroatoms. The minimum absolute atomic E-state index is 0.422. The predicted octanol–water partition coefficient (Wildman–Crippen LogP) is 1.75. The number of nitrogens with zero attached hydrogens (tertiary/aromatic N) is 2. The van der Waals surface area contributed by atoms with E-state index in [0.717, 1.165) is 31.5 Å². The van der Waals surface area contributed by atoms with Gasteiger partial charge < -0.3 is 14.4 Å². The van der Waals surface area contributed by atoms with Crippen LogP contribution in [0.5, 0.6) is 0 Å². The van der Waals surface area contributed by atoms with Crippen molar-refractivity contribution in [2.24, 2.45) is 0 Å². The topological polar surface area (TPSA) is 47.3 Å². The third kappa shape index (κ3) is 3.64. The lowest BCUT2D eigenvalue weighted by Crippen LogP contribution is -2.07. The number of rotatable bonds is 7. The summed E-state index contributed by atoms with van der Waals surface area (Å²) < 4.78 is 6.97. The Kier molecular flexibility index (Phi) is 5.36. The Morgan fingerprint density at radius 3 is 3.07 bits per heavy atom. The molecule has 1 atom stereocenters. The Morgan fingerprint density at radius 2 is 2.40 bits per heavy atom. The Labute approximate surface area is 90.9 Å². The summed E-state index contributed by atoms with van der Waals surface area (Å²) >= 11 is 0. The normalized spacial score (nSPS) is 13.0. The minimum Gasteiger partial charge on any atom is -0.387 e. The van der Waals surface area contributed by atoms with E-state index >= 15 is 0 Å². The standard InChI is InChI=1S/C11H20N2O2/c1-3-6-13-9-12-8-10(13)11(14)5-4-7-15-2/h8-9,11,14H,3-7H2,1-2H3. The van der Waals surface area contributed by atoms with Crippen molar-refractivity contribution in [3.63, 3.8) is 0 Å². The van der Waals surface area contributed by atoms with Crippen molar-refractivity contribution in [3.05, 3.63) is 18.2 Å². The van der Waals surface area contributed by atoms with Crippen LogP contribution < -0.4 is 0 Å². The number of imidazole rings is 1. The average Bonchev–Trinajstić information content (AvgIpc) is 2.67. The SMILES string of the molecule is CCCn1cncc1C(O)CCCOC. The van der Waals surface area contributed by atoms with Crippen molar-refractivity contribution in [2.45, 2.75) is 38.8 Å². The van der Waals surface area contributed by atoms with Crippen LogP contribution in [-0.4, -0.2) is 28.4 Å². The molecule has 86 valence electrons. The van der Waals surface area contributed by atoms with Crippen molar-refractivity contribution >= 4 is 0 Å². The van der Waals surface area contributed by atoms with Crippen LogP contribution in [0.1, 0.15) is 38.0 Å². The molecule has 1 heterocycles. The van der Waals surface area contributed by atoms with Crippen LogP contribution in [0.2, 0.25) is 0 Å². The molecule has 0 bridgehead atoms. The fourth-order valence-electron chi connectivity index (χ4n) is 1.61. The van der Waals surface area contributed by atoms with Crippen molar-refractivity contribution in [3.8, 4) is 0 Å². The lowest BCUT2D eigenvalue weighted by molar-refractivity contribution is 0.130. The molecule has 1 aromatic rings. The highest BCUT2D eigenvalue weighted by Crippen LogP contribution is 2.18. The van der Waals surface area contributed by atoms with E-state index in [1.165, 1.54) is 0 Å². The van der Waals surface area contributed by atoms with Crippen LogP contribution in [0, 0.1) is 0 Å². The number of hydrogen-bond donors (Lipinski definition) is 1. The molecule has 0 amide bonds. The van der Waals surface area contributed by atoms with Gasteiger partial charge in [-0.25, -0.2) is 4.98 Å². The summed E-state index contributed by atoms with van der Waals surface area (Å²) in [6.07, 6.45) is 5.74. The van der Waals surface area contributed by atoms with Crippen LogP contribution in [0.15, 0.2) is 12.5 Å². The molecule has 1 aromatic heterocycles. The van der Waals surface area contributed by atoms with Gasteiger partial charge in [-0.15, -0.1) is 0 Å². The van der Waals surface area contributed by atoms with E-state index in [1.807, 2.05) is 4.57 Å². The lowest BCUT2D eigenvalue weighted by Gasteiger charge is -2.12. The molecule has 0 aliphatic rings. The first-order chi connectivity index (χ1) is 7.29. The van der Waals surface area contributed by atoms with E-state index in [4.69, 9.17) is 4.74 Å². The number of aryl methyl sites for hydroxylation is 1. The van der Waals surface area contributed by atoms with Gasteiger partial charge in [0.05, 0.1) is 24.3 Å². The summed E-state index contributed by atoms with van der Waals surface area (Å²) in [5.74, 6) is 0. The van der Waals surface area contributed by atoms with Crippen LogP contribution in [-0.2, 0) is 11.3 Å². The quantitative estimate of drug-likeness (QED) is 0.700. The van der Waals surface area contributed by atoms with E-state index in [1.54, 1.807) is 19.6 Å². The van der Waals surface area contributed by atoms with Gasteiger partial charge in [-0.2, -0.15) is 0 Å². The largest absolute Gasteiger partial charge is 0.387 e. The van der Waals surface area contributed by atoms with Crippen LogP contribution in [0.3, 0.4) is 0 Å². The second-order valence-corrected chi connectivity index (χ2v) is 3.66. The first-order valence-corrected chi connectivity index (χ1v) is 5.46. The van der Waals surface area contributed by atoms with Gasteiger partial charge in [0.2, 0.25) is 0 Å². The van der Waals surface area contributed by atoms with Crippen LogP contribution in [0.25, 0.3) is 0 Å². The number of aliphatic hydroxyl groups excluding tert-OH is 1. The molecule has 0 radical (unpaired) electrons. The summed E-state index contributed by atoms with van der Waals surface area (Å²) in [5.41, 5.74) is 0.910. The van der Waals surface area contributed by atoms with E-state index < -0.39 is 6.10 Å². The average molecular weight is 212 g/mol. The number of ether oxygens (including phenoxy) is 1. The monoisotopic (exact) mass is 212 g/mol. The van der Waals surface area contributed by atoms with Crippen molar-refractivity contribution in [2.75, 3.05) is 13.7 Å². The fraction of sp³-hybridized carbons (Fsp3) is 0.727. The first kappa shape index (κ1) is 12.2. The third-order valence-electron chi connectivity index (χ3n) is 2.38. The van der Waals surface area contributed by atoms with Crippen molar-refractivity contribution in [1.29, 1.82) is 0 Å². The van der Waals surface area contributed by atoms with Gasteiger partial charge in [0.15, 0.2) is 0 Å². The summed E-state index contributed by atoms with van der Waals surface area (Å²) in [7, 11) is 1.67. The van der Waals surface area contributed by atoms with Crippen molar-refractivity contribution < 1.29 is 9.84 Å². The van der Waals surface area contributed by atoms with E-state index in [0.29, 0.717) is 6.61 Å². The molecule has 15 heavy (non-hydrogen) atoms. The van der Waals surface area contributed by atoms with Gasteiger partial charge >= 0.3 is 0 Å². The van der Waals surface area contributed by atoms with Gasteiger partial charge in [0.25, 0.3) is 0 Å². The molecule has 1 N–H and O–H groups in total. The lowest BCUT2D eigenvalue weighted by atomic mass is 10.1. The predicted molar refractivity (Wildman–Crippen MR) is 58.6 cm³/mol. The maximum absolute atomic E-state index is 9.93. The van der Waals surface area contributed by atoms with Gasteiger partial charge in [0, 0.05) is 20.3 Å². The fourth-order valence-corrected chi connectivity index (χ4v) is 1.61. The zero-order valence-electron chi connectivity index (χ0n) is 9.52. The molecule has 0 saturated carbocycles. The molecule has 0 aromatic carbocycles. The van der Waals surface area contributed by atoms with Crippen LogP contribution in [0.4, 0.5) is 0 Å². The zero-order valence-corrected chi connectivity index (χ0v) is 9.52. The van der Waals surface area contributed by atoms with E-state index in [9.17, 15) is 5.11 Å². The van der Waals surface area contributed by atoms with Gasteiger partial charge in [0.1, 0.15) is 0 Å².